The summed E-state index contributed by atoms with van der Waals surface area (Å²) in [5, 5.41) is 24.4. The SMILES string of the molecule is CC(C)(C)c1ccc(-c2cc(-c3ccccc3C#N)cc(-c3ccccc3)c2N2c3cc(-c4ccccc4)ccc3B3c4ccc(-n5c6ccccc6c6ccccc65)cc4N(c4c(-c5ccccc5)cc(-c5ccccc5C#N)cc4-c4ccc(C(C)(C)C)cc4)c4cc(C(C)(C)C)cc2c43)cc1. The van der Waals surface area contributed by atoms with E-state index in [0.717, 1.165) is 134 Å². The van der Waals surface area contributed by atoms with Crippen LogP contribution in [0.15, 0.2) is 309 Å². The van der Waals surface area contributed by atoms with Gasteiger partial charge in [-0.15, -0.1) is 0 Å². The van der Waals surface area contributed by atoms with Gasteiger partial charge in [0.15, 0.2) is 0 Å². The van der Waals surface area contributed by atoms with E-state index >= 15 is 0 Å². The van der Waals surface area contributed by atoms with E-state index in [0.29, 0.717) is 11.1 Å². The molecule has 0 bridgehead atoms. The van der Waals surface area contributed by atoms with E-state index in [1.807, 2.05) is 36.4 Å². The molecule has 17 rings (SSSR count). The summed E-state index contributed by atoms with van der Waals surface area (Å²) in [6.45, 7) is 20.4. The van der Waals surface area contributed by atoms with Crippen molar-refractivity contribution in [2.24, 2.45) is 0 Å². The average Bonchev–Trinajstić information content (AvgIpc) is 0.724. The number of anilines is 6. The number of aromatic nitrogens is 1. The van der Waals surface area contributed by atoms with Gasteiger partial charge in [0, 0.05) is 61.5 Å². The molecule has 2 aliphatic heterocycles. The molecule has 14 aromatic carbocycles. The molecule has 0 saturated carbocycles. The van der Waals surface area contributed by atoms with Gasteiger partial charge >= 0.3 is 0 Å². The fourth-order valence-electron chi connectivity index (χ4n) is 16.2. The lowest BCUT2D eigenvalue weighted by atomic mass is 9.33. The zero-order valence-electron chi connectivity index (χ0n) is 60.3. The maximum absolute atomic E-state index is 11.0. The number of nitriles is 2. The Morgan fingerprint density at radius 3 is 1.06 bits per heavy atom. The summed E-state index contributed by atoms with van der Waals surface area (Å²) < 4.78 is 2.46. The molecule has 1 aromatic heterocycles. The average molecular weight is 1340 g/mol. The van der Waals surface area contributed by atoms with Crippen LogP contribution in [0.2, 0.25) is 0 Å². The van der Waals surface area contributed by atoms with Crippen molar-refractivity contribution in [3.05, 3.63) is 337 Å². The molecule has 3 heterocycles. The molecule has 0 saturated heterocycles. The highest BCUT2D eigenvalue weighted by Crippen LogP contribution is 2.56. The molecule has 0 fully saturated rings. The maximum atomic E-state index is 11.0. The van der Waals surface area contributed by atoms with Crippen LogP contribution in [0, 0.1) is 22.7 Å². The minimum absolute atomic E-state index is 0.102. The van der Waals surface area contributed by atoms with Crippen molar-refractivity contribution in [2.45, 2.75) is 78.6 Å². The normalized spacial score (nSPS) is 12.6. The first-order valence-corrected chi connectivity index (χ1v) is 36.2. The number of hydrogen-bond acceptors (Lipinski definition) is 4. The lowest BCUT2D eigenvalue weighted by Gasteiger charge is -2.46. The first-order valence-electron chi connectivity index (χ1n) is 36.2. The fourth-order valence-corrected chi connectivity index (χ4v) is 16.2. The number of benzene rings is 14. The van der Waals surface area contributed by atoms with E-state index in [9.17, 15) is 10.5 Å². The van der Waals surface area contributed by atoms with Gasteiger partial charge in [-0.25, -0.2) is 0 Å². The molecule has 0 spiro atoms. The van der Waals surface area contributed by atoms with Crippen molar-refractivity contribution in [3.8, 4) is 95.7 Å². The van der Waals surface area contributed by atoms with E-state index in [2.05, 4.69) is 362 Å². The highest BCUT2D eigenvalue weighted by atomic mass is 15.2. The second-order valence-electron chi connectivity index (χ2n) is 31.1. The second kappa shape index (κ2) is 25.2. The third-order valence-electron chi connectivity index (χ3n) is 21.5. The predicted octanol–water partition coefficient (Wildman–Crippen LogP) is 24.2. The molecule has 0 N–H and O–H groups in total. The smallest absolute Gasteiger partial charge is 0.252 e. The summed E-state index contributed by atoms with van der Waals surface area (Å²) in [4.78, 5) is 5.30. The van der Waals surface area contributed by atoms with Crippen molar-refractivity contribution in [2.75, 3.05) is 9.80 Å². The van der Waals surface area contributed by atoms with E-state index in [1.54, 1.807) is 0 Å². The Balaban J connectivity index is 1.07. The molecule has 6 heteroatoms. The van der Waals surface area contributed by atoms with Gasteiger partial charge in [0.25, 0.3) is 6.71 Å². The molecule has 5 nitrogen and oxygen atoms in total. The molecule has 2 aliphatic rings. The van der Waals surface area contributed by atoms with E-state index in [1.165, 1.54) is 38.4 Å². The number of para-hydroxylation sites is 2. The number of nitrogens with zero attached hydrogens (tertiary/aromatic N) is 5. The first kappa shape index (κ1) is 64.9. The Kier molecular flexibility index (Phi) is 15.7. The van der Waals surface area contributed by atoms with Gasteiger partial charge in [-0.3, -0.25) is 0 Å². The van der Waals surface area contributed by atoms with Gasteiger partial charge in [0.05, 0.1) is 45.7 Å². The minimum Gasteiger partial charge on any atom is -0.310 e. The van der Waals surface area contributed by atoms with Gasteiger partial charge in [-0.1, -0.05) is 293 Å². The first-order chi connectivity index (χ1) is 50.4. The van der Waals surface area contributed by atoms with Crippen LogP contribution in [-0.4, -0.2) is 11.3 Å². The predicted molar refractivity (Wildman–Crippen MR) is 438 cm³/mol. The summed E-state index contributed by atoms with van der Waals surface area (Å²) >= 11 is 0. The van der Waals surface area contributed by atoms with Crippen LogP contribution in [0.1, 0.15) is 90.1 Å². The summed E-state index contributed by atoms with van der Waals surface area (Å²) in [5.74, 6) is 0. The lowest BCUT2D eigenvalue weighted by Crippen LogP contribution is -2.61. The summed E-state index contributed by atoms with van der Waals surface area (Å²) in [5.41, 5.74) is 31.6. The van der Waals surface area contributed by atoms with E-state index in [-0.39, 0.29) is 17.5 Å². The standard InChI is InChI=1S/C98H78BN5/c1-96(2,3)73-46-41-66(42-47-73)83-55-71(77-35-21-19-33-69(77)61-100)53-81(64-29-15-11-16-30-64)94(83)103-89-57-68(63-27-13-10-14-28-63)45-51-85(89)99-86-52-50-76(102-87-39-25-23-37-79(87)80-38-24-26-40-88(80)102)60-90(86)104(92-59-75(98(7,8)9)58-91(103)93(92)99)95-82(65-31-17-12-18-32-65)54-72(78-36-22-20-34-70(78)62-101)56-84(95)67-43-48-74(49-44-67)97(4,5)6/h10-60H,1-9H3. The molecular weight excluding hydrogens is 1260 g/mol. The van der Waals surface area contributed by atoms with Crippen LogP contribution < -0.4 is 26.2 Å². The van der Waals surface area contributed by atoms with Crippen molar-refractivity contribution < 1.29 is 0 Å². The van der Waals surface area contributed by atoms with Crippen LogP contribution in [0.4, 0.5) is 34.1 Å². The van der Waals surface area contributed by atoms with Crippen molar-refractivity contribution in [1.82, 2.24) is 4.57 Å². The Labute approximate surface area is 611 Å². The topological polar surface area (TPSA) is 59.0 Å². The zero-order chi connectivity index (χ0) is 71.3. The third-order valence-corrected chi connectivity index (χ3v) is 21.5. The Hall–Kier alpha value is -12.5. The molecule has 0 aliphatic carbocycles. The van der Waals surface area contributed by atoms with Crippen LogP contribution >= 0.6 is 0 Å². The molecule has 0 amide bonds. The molecule has 104 heavy (non-hydrogen) atoms. The Morgan fingerprint density at radius 1 is 0.279 bits per heavy atom. The molecule has 0 atom stereocenters. The highest BCUT2D eigenvalue weighted by molar-refractivity contribution is 7.00. The molecular formula is C98H78BN5. The van der Waals surface area contributed by atoms with Crippen LogP contribution in [0.5, 0.6) is 0 Å². The largest absolute Gasteiger partial charge is 0.310 e. The quantitative estimate of drug-likeness (QED) is 0.128. The molecule has 0 radical (unpaired) electrons. The fraction of sp³-hybridized carbons (Fsp3) is 0.122. The maximum Gasteiger partial charge on any atom is 0.252 e. The molecule has 498 valence electrons. The molecule has 0 unspecified atom stereocenters. The zero-order valence-corrected chi connectivity index (χ0v) is 60.3. The highest BCUT2D eigenvalue weighted by Gasteiger charge is 2.46. The van der Waals surface area contributed by atoms with Gasteiger partial charge in [-0.05, 0) is 184 Å². The van der Waals surface area contributed by atoms with Crippen LogP contribution in [0.25, 0.3) is 105 Å². The Bertz CT molecular complexity index is 5940. The van der Waals surface area contributed by atoms with Crippen molar-refractivity contribution >= 4 is 79.0 Å². The monoisotopic (exact) mass is 1340 g/mol. The lowest BCUT2D eigenvalue weighted by molar-refractivity contribution is 0.590. The second-order valence-corrected chi connectivity index (χ2v) is 31.1. The van der Waals surface area contributed by atoms with E-state index in [4.69, 9.17) is 0 Å². The van der Waals surface area contributed by atoms with Crippen LogP contribution in [-0.2, 0) is 16.2 Å². The van der Waals surface area contributed by atoms with Crippen molar-refractivity contribution in [1.29, 1.82) is 10.5 Å². The van der Waals surface area contributed by atoms with Gasteiger partial charge < -0.3 is 14.4 Å². The van der Waals surface area contributed by atoms with Crippen LogP contribution in [0.3, 0.4) is 0 Å². The Morgan fingerprint density at radius 2 is 0.635 bits per heavy atom. The summed E-state index contributed by atoms with van der Waals surface area (Å²) in [6.07, 6.45) is 0. The number of fused-ring (bicyclic) bond motifs is 7. The summed E-state index contributed by atoms with van der Waals surface area (Å²) in [6, 6.07) is 119. The number of hydrogen-bond donors (Lipinski definition) is 0. The number of rotatable bonds is 10. The van der Waals surface area contributed by atoms with Crippen molar-refractivity contribution in [3.63, 3.8) is 0 Å². The van der Waals surface area contributed by atoms with Gasteiger partial charge in [-0.2, -0.15) is 10.5 Å². The summed E-state index contributed by atoms with van der Waals surface area (Å²) in [7, 11) is 0. The van der Waals surface area contributed by atoms with Gasteiger partial charge in [0.2, 0.25) is 0 Å². The molecule has 15 aromatic rings. The van der Waals surface area contributed by atoms with E-state index < -0.39 is 5.41 Å². The van der Waals surface area contributed by atoms with Gasteiger partial charge in [0.1, 0.15) is 0 Å². The minimum atomic E-state index is -0.396. The third kappa shape index (κ3) is 11.1.